The lowest BCUT2D eigenvalue weighted by Crippen LogP contribution is -2.28. The lowest BCUT2D eigenvalue weighted by Gasteiger charge is -2.15. The Bertz CT molecular complexity index is 662. The minimum absolute atomic E-state index is 0.0693. The van der Waals surface area contributed by atoms with Gasteiger partial charge in [0.25, 0.3) is 5.56 Å². The first-order chi connectivity index (χ1) is 9.00. The molecule has 3 nitrogen and oxygen atoms in total. The van der Waals surface area contributed by atoms with Gasteiger partial charge in [-0.05, 0) is 41.4 Å². The van der Waals surface area contributed by atoms with Gasteiger partial charge in [-0.25, -0.2) is 0 Å². The zero-order chi connectivity index (χ0) is 14.0. The van der Waals surface area contributed by atoms with Crippen LogP contribution in [0.15, 0.2) is 51.9 Å². The molecule has 1 aromatic heterocycles. The molecule has 2 aromatic rings. The molecule has 0 N–H and O–H groups in total. The van der Waals surface area contributed by atoms with Crippen molar-refractivity contribution in [2.24, 2.45) is 0 Å². The molecule has 0 bridgehead atoms. The van der Waals surface area contributed by atoms with E-state index < -0.39 is 6.04 Å². The predicted molar refractivity (Wildman–Crippen MR) is 78.6 cm³/mol. The number of aromatic nitrogens is 1. The van der Waals surface area contributed by atoms with Crippen molar-refractivity contribution >= 4 is 21.7 Å². The molecule has 1 atom stereocenters. The van der Waals surface area contributed by atoms with Crippen molar-refractivity contribution in [3.8, 4) is 0 Å². The number of nitrogens with zero attached hydrogens (tertiary/aromatic N) is 1. The average molecular weight is 320 g/mol. The molecule has 0 amide bonds. The smallest absolute Gasteiger partial charge is 0.265 e. The van der Waals surface area contributed by atoms with Crippen LogP contribution in [0.4, 0.5) is 0 Å². The van der Waals surface area contributed by atoms with Crippen LogP contribution in [-0.2, 0) is 0 Å². The molecule has 0 aliphatic carbocycles. The van der Waals surface area contributed by atoms with E-state index in [1.807, 2.05) is 25.1 Å². The van der Waals surface area contributed by atoms with Gasteiger partial charge in [0.15, 0.2) is 5.78 Å². The third-order valence-electron chi connectivity index (χ3n) is 2.99. The highest BCUT2D eigenvalue weighted by Crippen LogP contribution is 2.15. The van der Waals surface area contributed by atoms with E-state index in [2.05, 4.69) is 15.9 Å². The Morgan fingerprint density at radius 1 is 1.26 bits per heavy atom. The van der Waals surface area contributed by atoms with Gasteiger partial charge in [0, 0.05) is 11.8 Å². The zero-order valence-electron chi connectivity index (χ0n) is 10.8. The molecule has 0 saturated heterocycles. The van der Waals surface area contributed by atoms with E-state index >= 15 is 0 Å². The minimum Gasteiger partial charge on any atom is -0.304 e. The van der Waals surface area contributed by atoms with E-state index in [-0.39, 0.29) is 11.3 Å². The molecule has 0 aliphatic rings. The minimum atomic E-state index is -0.522. The monoisotopic (exact) mass is 319 g/mol. The van der Waals surface area contributed by atoms with Crippen molar-refractivity contribution in [3.05, 3.63) is 68.5 Å². The predicted octanol–water partition coefficient (Wildman–Crippen LogP) is 3.36. The largest absolute Gasteiger partial charge is 0.304 e. The highest BCUT2D eigenvalue weighted by atomic mass is 79.9. The van der Waals surface area contributed by atoms with Crippen molar-refractivity contribution in [2.75, 3.05) is 0 Å². The summed E-state index contributed by atoms with van der Waals surface area (Å²) in [5.74, 6) is -0.0693. The number of benzene rings is 1. The molecule has 19 heavy (non-hydrogen) atoms. The fourth-order valence-electron chi connectivity index (χ4n) is 1.96. The number of halogens is 1. The van der Waals surface area contributed by atoms with Gasteiger partial charge in [0.2, 0.25) is 0 Å². The molecule has 0 saturated carbocycles. The standard InChI is InChI=1S/C15H14BrNO2/c1-10-8-13(16)15(19)17(9-10)11(2)14(18)12-6-4-3-5-7-12/h3-9,11H,1-2H3. The molecule has 1 heterocycles. The van der Waals surface area contributed by atoms with Crippen LogP contribution in [0.2, 0.25) is 0 Å². The first-order valence-corrected chi connectivity index (χ1v) is 6.77. The Labute approximate surface area is 120 Å². The third kappa shape index (κ3) is 2.84. The molecule has 0 aliphatic heterocycles. The Hall–Kier alpha value is -1.68. The van der Waals surface area contributed by atoms with Crippen LogP contribution >= 0.6 is 15.9 Å². The first-order valence-electron chi connectivity index (χ1n) is 5.98. The van der Waals surface area contributed by atoms with E-state index in [9.17, 15) is 9.59 Å². The lowest BCUT2D eigenvalue weighted by molar-refractivity contribution is 0.0933. The normalized spacial score (nSPS) is 12.2. The summed E-state index contributed by atoms with van der Waals surface area (Å²) in [6.07, 6.45) is 1.71. The third-order valence-corrected chi connectivity index (χ3v) is 3.56. The van der Waals surface area contributed by atoms with Gasteiger partial charge >= 0.3 is 0 Å². The topological polar surface area (TPSA) is 39.1 Å². The maximum absolute atomic E-state index is 12.3. The zero-order valence-corrected chi connectivity index (χ0v) is 12.3. The van der Waals surface area contributed by atoms with Gasteiger partial charge < -0.3 is 4.57 Å². The van der Waals surface area contributed by atoms with Gasteiger partial charge in [-0.1, -0.05) is 30.3 Å². The SMILES string of the molecule is Cc1cc(Br)c(=O)n(C(C)C(=O)c2ccccc2)c1. The molecule has 1 unspecified atom stereocenters. The molecule has 2 rings (SSSR count). The number of aryl methyl sites for hydroxylation is 1. The number of rotatable bonds is 3. The van der Waals surface area contributed by atoms with Crippen LogP contribution < -0.4 is 5.56 Å². The maximum atomic E-state index is 12.3. The molecular weight excluding hydrogens is 306 g/mol. The molecule has 0 radical (unpaired) electrons. The number of Topliss-reactive ketones (excluding diaryl/α,β-unsaturated/α-hetero) is 1. The van der Waals surface area contributed by atoms with E-state index in [4.69, 9.17) is 0 Å². The van der Waals surface area contributed by atoms with Gasteiger partial charge in [0.05, 0.1) is 10.5 Å². The average Bonchev–Trinajstić information content (AvgIpc) is 2.42. The van der Waals surface area contributed by atoms with Gasteiger partial charge in [-0.2, -0.15) is 0 Å². The first kappa shape index (κ1) is 13.7. The second-order valence-electron chi connectivity index (χ2n) is 4.48. The van der Waals surface area contributed by atoms with Crippen molar-refractivity contribution in [1.29, 1.82) is 0 Å². The second kappa shape index (κ2) is 5.53. The van der Waals surface area contributed by atoms with Crippen molar-refractivity contribution in [3.63, 3.8) is 0 Å². The number of hydrogen-bond acceptors (Lipinski definition) is 2. The fraction of sp³-hybridized carbons (Fsp3) is 0.200. The molecule has 0 fully saturated rings. The van der Waals surface area contributed by atoms with Crippen LogP contribution in [-0.4, -0.2) is 10.4 Å². The van der Waals surface area contributed by atoms with E-state index in [0.29, 0.717) is 10.0 Å². The quantitative estimate of drug-likeness (QED) is 0.814. The van der Waals surface area contributed by atoms with Crippen LogP contribution in [0, 0.1) is 6.92 Å². The summed E-state index contributed by atoms with van der Waals surface area (Å²) in [6, 6.07) is 10.2. The summed E-state index contributed by atoms with van der Waals surface area (Å²) >= 11 is 3.23. The number of pyridine rings is 1. The van der Waals surface area contributed by atoms with Gasteiger partial charge in [-0.3, -0.25) is 9.59 Å². The lowest BCUT2D eigenvalue weighted by atomic mass is 10.1. The summed E-state index contributed by atoms with van der Waals surface area (Å²) in [7, 11) is 0. The highest BCUT2D eigenvalue weighted by molar-refractivity contribution is 9.10. The van der Waals surface area contributed by atoms with Crippen LogP contribution in [0.5, 0.6) is 0 Å². The Balaban J connectivity index is 2.43. The Kier molecular flexibility index (Phi) is 4.00. The molecule has 0 spiro atoms. The van der Waals surface area contributed by atoms with Crippen molar-refractivity contribution in [1.82, 2.24) is 4.57 Å². The Morgan fingerprint density at radius 2 is 1.89 bits per heavy atom. The molecule has 1 aromatic carbocycles. The van der Waals surface area contributed by atoms with E-state index in [1.54, 1.807) is 31.3 Å². The van der Waals surface area contributed by atoms with Crippen LogP contribution in [0.3, 0.4) is 0 Å². The maximum Gasteiger partial charge on any atom is 0.265 e. The van der Waals surface area contributed by atoms with Crippen LogP contribution in [0.25, 0.3) is 0 Å². The summed E-state index contributed by atoms with van der Waals surface area (Å²) < 4.78 is 1.94. The summed E-state index contributed by atoms with van der Waals surface area (Å²) in [4.78, 5) is 24.4. The number of hydrogen-bond donors (Lipinski definition) is 0. The fourth-order valence-corrected chi connectivity index (χ4v) is 2.52. The number of ketones is 1. The Morgan fingerprint density at radius 3 is 2.53 bits per heavy atom. The number of carbonyl (C=O) groups is 1. The molecular formula is C15H14BrNO2. The van der Waals surface area contributed by atoms with Crippen molar-refractivity contribution < 1.29 is 4.79 Å². The van der Waals surface area contributed by atoms with E-state index in [1.165, 1.54) is 4.57 Å². The van der Waals surface area contributed by atoms with Gasteiger partial charge in [-0.15, -0.1) is 0 Å². The molecule has 98 valence electrons. The highest BCUT2D eigenvalue weighted by Gasteiger charge is 2.18. The second-order valence-corrected chi connectivity index (χ2v) is 5.34. The molecule has 4 heteroatoms. The van der Waals surface area contributed by atoms with E-state index in [0.717, 1.165) is 5.56 Å². The van der Waals surface area contributed by atoms with Crippen LogP contribution in [0.1, 0.15) is 28.9 Å². The summed E-state index contributed by atoms with van der Waals surface area (Å²) in [6.45, 7) is 3.63. The summed E-state index contributed by atoms with van der Waals surface area (Å²) in [5.41, 5.74) is 1.35. The van der Waals surface area contributed by atoms with Gasteiger partial charge in [0.1, 0.15) is 0 Å². The van der Waals surface area contributed by atoms with Crippen molar-refractivity contribution in [2.45, 2.75) is 19.9 Å². The number of carbonyl (C=O) groups excluding carboxylic acids is 1. The summed E-state index contributed by atoms with van der Waals surface area (Å²) in [5, 5.41) is 0.